The summed E-state index contributed by atoms with van der Waals surface area (Å²) in [4.78, 5) is 0. The van der Waals surface area contributed by atoms with E-state index >= 15 is 0 Å². The number of nitrogens with zero attached hydrogens (tertiary/aromatic N) is 2. The molecular weight excluding hydrogens is 456 g/mol. The first-order chi connectivity index (χ1) is 12.9. The maximum absolute atomic E-state index is 14.0. The Labute approximate surface area is 164 Å². The zero-order valence-corrected chi connectivity index (χ0v) is 15.6. The van der Waals surface area contributed by atoms with Crippen LogP contribution in [-0.4, -0.2) is 29.4 Å². The van der Waals surface area contributed by atoms with E-state index in [-0.39, 0.29) is 27.8 Å². The van der Waals surface area contributed by atoms with Gasteiger partial charge in [0.2, 0.25) is 0 Å². The molecule has 0 aliphatic rings. The van der Waals surface area contributed by atoms with Gasteiger partial charge in [0.1, 0.15) is 12.4 Å². The fraction of sp³-hybridized carbons (Fsp3) is 0.176. The lowest BCUT2D eigenvalue weighted by atomic mass is 10.1. The summed E-state index contributed by atoms with van der Waals surface area (Å²) in [5.41, 5.74) is 0. The molecule has 0 aliphatic heterocycles. The second kappa shape index (κ2) is 8.26. The average molecular weight is 466 g/mol. The highest BCUT2D eigenvalue weighted by molar-refractivity contribution is 9.10. The summed E-state index contributed by atoms with van der Waals surface area (Å²) >= 11 is 9.16. The molecule has 0 aliphatic carbocycles. The van der Waals surface area contributed by atoms with Crippen molar-refractivity contribution in [2.45, 2.75) is 12.5 Å². The topological polar surface area (TPSA) is 44.2 Å². The molecule has 0 N–H and O–H groups in total. The Hall–Kier alpha value is -2.13. The summed E-state index contributed by atoms with van der Waals surface area (Å²) in [5.74, 6) is -1.42. The molecule has 142 valence electrons. The van der Waals surface area contributed by atoms with Crippen LogP contribution >= 0.6 is 27.5 Å². The number of aromatic nitrogens is 2. The van der Waals surface area contributed by atoms with Gasteiger partial charge in [-0.1, -0.05) is 33.6 Å². The van der Waals surface area contributed by atoms with Crippen molar-refractivity contribution in [2.75, 3.05) is 6.67 Å². The van der Waals surface area contributed by atoms with Gasteiger partial charge in [0.25, 0.3) is 12.3 Å². The lowest BCUT2D eigenvalue weighted by Crippen LogP contribution is -2.27. The molecule has 3 aromatic rings. The normalized spacial score (nSPS) is 12.4. The fourth-order valence-corrected chi connectivity index (χ4v) is 2.94. The highest BCUT2D eigenvalue weighted by atomic mass is 79.9. The van der Waals surface area contributed by atoms with Crippen molar-refractivity contribution in [1.82, 2.24) is 10.2 Å². The van der Waals surface area contributed by atoms with Crippen LogP contribution in [0.5, 0.6) is 17.4 Å². The molecule has 0 amide bonds. The zero-order valence-electron chi connectivity index (χ0n) is 13.3. The van der Waals surface area contributed by atoms with Gasteiger partial charge >= 0.3 is 0 Å². The van der Waals surface area contributed by atoms with Gasteiger partial charge in [0.05, 0.1) is 16.6 Å². The van der Waals surface area contributed by atoms with Crippen LogP contribution in [0.25, 0.3) is 10.8 Å². The minimum Gasteiger partial charge on any atom is -0.481 e. The van der Waals surface area contributed by atoms with Gasteiger partial charge in [0, 0.05) is 9.86 Å². The van der Waals surface area contributed by atoms with Crippen molar-refractivity contribution in [2.24, 2.45) is 0 Å². The molecule has 0 radical (unpaired) electrons. The van der Waals surface area contributed by atoms with E-state index < -0.39 is 25.0 Å². The van der Waals surface area contributed by atoms with Gasteiger partial charge in [-0.15, -0.1) is 5.10 Å². The van der Waals surface area contributed by atoms with Crippen LogP contribution in [0.3, 0.4) is 0 Å². The Bertz CT molecular complexity index is 957. The van der Waals surface area contributed by atoms with Gasteiger partial charge in [-0.3, -0.25) is 0 Å². The number of hydrogen-bond acceptors (Lipinski definition) is 4. The molecule has 4 nitrogen and oxygen atoms in total. The quantitative estimate of drug-likeness (QED) is 0.422. The van der Waals surface area contributed by atoms with E-state index in [9.17, 15) is 17.6 Å². The van der Waals surface area contributed by atoms with E-state index in [4.69, 9.17) is 21.1 Å². The molecule has 3 rings (SSSR count). The molecule has 27 heavy (non-hydrogen) atoms. The Kier molecular flexibility index (Phi) is 6.01. The number of benzene rings is 2. The highest BCUT2D eigenvalue weighted by Crippen LogP contribution is 2.39. The minimum atomic E-state index is -3.05. The summed E-state index contributed by atoms with van der Waals surface area (Å²) in [6, 6.07) is 6.87. The van der Waals surface area contributed by atoms with Crippen molar-refractivity contribution in [3.05, 3.63) is 51.8 Å². The van der Waals surface area contributed by atoms with Gasteiger partial charge in [-0.25, -0.2) is 17.6 Å². The van der Waals surface area contributed by atoms with E-state index in [0.29, 0.717) is 9.86 Å². The number of ether oxygens (including phenoxy) is 2. The van der Waals surface area contributed by atoms with E-state index in [1.54, 1.807) is 6.07 Å². The van der Waals surface area contributed by atoms with Crippen LogP contribution in [0.15, 0.2) is 41.0 Å². The number of halogens is 6. The van der Waals surface area contributed by atoms with E-state index in [1.165, 1.54) is 24.4 Å². The lowest BCUT2D eigenvalue weighted by molar-refractivity contribution is -0.000455. The predicted octanol–water partition coefficient (Wildman–Crippen LogP) is 5.96. The summed E-state index contributed by atoms with van der Waals surface area (Å²) in [6.07, 6.45) is -3.71. The molecule has 0 spiro atoms. The Balaban J connectivity index is 2.13. The number of fused-ring (bicyclic) bond motifs is 1. The Morgan fingerprint density at radius 2 is 2.00 bits per heavy atom. The summed E-state index contributed by atoms with van der Waals surface area (Å²) in [6.45, 7) is -1.40. The molecule has 10 heteroatoms. The standard InChI is InChI=1S/C17H10BrClF4N2O2/c18-9-4-8-7-24-25-17(27-15-10(19)2-1-3-11(15)21)14(8)12(5-9)26-13(6-20)16(22)23/h1-5,7,13,16H,6H2. The van der Waals surface area contributed by atoms with Crippen LogP contribution in [0.1, 0.15) is 0 Å². The molecular formula is C17H10BrClF4N2O2. The van der Waals surface area contributed by atoms with Crippen LogP contribution < -0.4 is 9.47 Å². The third kappa shape index (κ3) is 4.24. The minimum absolute atomic E-state index is 0.0254. The molecule has 0 fully saturated rings. The third-order valence-electron chi connectivity index (χ3n) is 3.49. The van der Waals surface area contributed by atoms with Crippen molar-refractivity contribution >= 4 is 38.3 Å². The lowest BCUT2D eigenvalue weighted by Gasteiger charge is -2.18. The van der Waals surface area contributed by atoms with Crippen LogP contribution in [0.2, 0.25) is 5.02 Å². The zero-order chi connectivity index (χ0) is 19.6. The van der Waals surface area contributed by atoms with Crippen LogP contribution in [0, 0.1) is 5.82 Å². The molecule has 0 saturated carbocycles. The van der Waals surface area contributed by atoms with E-state index in [2.05, 4.69) is 26.1 Å². The second-order valence-electron chi connectivity index (χ2n) is 5.32. The number of para-hydroxylation sites is 1. The summed E-state index contributed by atoms with van der Waals surface area (Å²) in [5, 5.41) is 8.01. The molecule has 1 unspecified atom stereocenters. The van der Waals surface area contributed by atoms with Crippen molar-refractivity contribution in [3.63, 3.8) is 0 Å². The largest absolute Gasteiger partial charge is 0.481 e. The fourth-order valence-electron chi connectivity index (χ4n) is 2.28. The van der Waals surface area contributed by atoms with E-state index in [0.717, 1.165) is 6.07 Å². The van der Waals surface area contributed by atoms with Crippen LogP contribution in [0.4, 0.5) is 17.6 Å². The Morgan fingerprint density at radius 1 is 1.22 bits per heavy atom. The maximum atomic E-state index is 14.0. The first-order valence-corrected chi connectivity index (χ1v) is 8.65. The predicted molar refractivity (Wildman–Crippen MR) is 95.1 cm³/mol. The maximum Gasteiger partial charge on any atom is 0.277 e. The molecule has 0 bridgehead atoms. The van der Waals surface area contributed by atoms with Gasteiger partial charge in [-0.05, 0) is 24.3 Å². The van der Waals surface area contributed by atoms with Crippen molar-refractivity contribution in [1.29, 1.82) is 0 Å². The summed E-state index contributed by atoms with van der Waals surface area (Å²) < 4.78 is 63.9. The van der Waals surface area contributed by atoms with Gasteiger partial charge < -0.3 is 9.47 Å². The number of rotatable bonds is 6. The van der Waals surface area contributed by atoms with E-state index in [1.807, 2.05) is 0 Å². The van der Waals surface area contributed by atoms with Crippen molar-refractivity contribution < 1.29 is 27.0 Å². The van der Waals surface area contributed by atoms with Gasteiger partial charge in [0.15, 0.2) is 17.7 Å². The molecule has 2 aromatic carbocycles. The first-order valence-electron chi connectivity index (χ1n) is 7.48. The average Bonchev–Trinajstić information content (AvgIpc) is 2.62. The molecule has 1 heterocycles. The number of alkyl halides is 3. The molecule has 1 aromatic heterocycles. The first kappa shape index (κ1) is 19.6. The molecule has 1 atom stereocenters. The second-order valence-corrected chi connectivity index (χ2v) is 6.64. The number of hydrogen-bond donors (Lipinski definition) is 0. The smallest absolute Gasteiger partial charge is 0.277 e. The third-order valence-corrected chi connectivity index (χ3v) is 4.24. The Morgan fingerprint density at radius 3 is 2.67 bits per heavy atom. The van der Waals surface area contributed by atoms with Crippen molar-refractivity contribution in [3.8, 4) is 17.4 Å². The highest BCUT2D eigenvalue weighted by Gasteiger charge is 2.25. The summed E-state index contributed by atoms with van der Waals surface area (Å²) in [7, 11) is 0. The SMILES string of the molecule is FCC(Oc1cc(Br)cc2cnnc(Oc3c(F)cccc3Cl)c12)C(F)F. The molecule has 0 saturated heterocycles. The van der Waals surface area contributed by atoms with Crippen LogP contribution in [-0.2, 0) is 0 Å². The monoisotopic (exact) mass is 464 g/mol. The van der Waals surface area contributed by atoms with Gasteiger partial charge in [-0.2, -0.15) is 5.10 Å².